The number of carboxylic acid groups (broad SMARTS) is 1. The molecule has 1 amide bonds. The summed E-state index contributed by atoms with van der Waals surface area (Å²) in [5.74, 6) is 1.87. The average molecular weight is 560 g/mol. The van der Waals surface area contributed by atoms with Gasteiger partial charge in [0.1, 0.15) is 35.6 Å². The van der Waals surface area contributed by atoms with Gasteiger partial charge in [-0.3, -0.25) is 4.79 Å². The highest BCUT2D eigenvalue weighted by atomic mass is 16.5. The van der Waals surface area contributed by atoms with Crippen molar-refractivity contribution < 1.29 is 19.4 Å². The molecule has 216 valence electrons. The van der Waals surface area contributed by atoms with E-state index in [4.69, 9.17) is 9.72 Å². The van der Waals surface area contributed by atoms with Gasteiger partial charge in [0.05, 0.1) is 7.11 Å². The number of ether oxygens (including phenoxy) is 1. The number of anilines is 3. The van der Waals surface area contributed by atoms with Crippen LogP contribution in [0.2, 0.25) is 0 Å². The average Bonchev–Trinajstić information content (AvgIpc) is 3.02. The number of aryl methyl sites for hydroxylation is 1. The standard InChI is InChI=1S/C30H37N7O4/c1-3-23-27(32-17-25(30(39)40)36-29(38)21-6-9-22(41-2)10-7-21)33-18-34-28(23)37-15-12-19(13-16-37)24-11-8-20-5-4-14-31-26(20)35-24/h6-11,18-19,25H,3-5,12-17H2,1-2H3,(H,31,35)(H,36,38)(H,39,40)(H,32,33,34). The van der Waals surface area contributed by atoms with Crippen LogP contribution in [0.1, 0.15) is 59.3 Å². The van der Waals surface area contributed by atoms with Gasteiger partial charge in [-0.15, -0.1) is 0 Å². The maximum atomic E-state index is 12.7. The monoisotopic (exact) mass is 559 g/mol. The number of aliphatic carboxylic acids is 1. The molecular weight excluding hydrogens is 522 g/mol. The first-order valence-corrected chi connectivity index (χ1v) is 14.2. The molecule has 0 aliphatic carbocycles. The second kappa shape index (κ2) is 12.8. The number of carboxylic acids is 1. The van der Waals surface area contributed by atoms with Crippen LogP contribution >= 0.6 is 0 Å². The second-order valence-electron chi connectivity index (χ2n) is 10.4. The minimum absolute atomic E-state index is 0.0270. The zero-order valence-corrected chi connectivity index (χ0v) is 23.5. The van der Waals surface area contributed by atoms with Crippen molar-refractivity contribution in [3.63, 3.8) is 0 Å². The van der Waals surface area contributed by atoms with Crippen molar-refractivity contribution in [2.75, 3.05) is 48.8 Å². The van der Waals surface area contributed by atoms with Crippen LogP contribution in [0.4, 0.5) is 17.5 Å². The predicted molar refractivity (Wildman–Crippen MR) is 157 cm³/mol. The number of benzene rings is 1. The summed E-state index contributed by atoms with van der Waals surface area (Å²) in [7, 11) is 1.54. The zero-order valence-electron chi connectivity index (χ0n) is 23.5. The lowest BCUT2D eigenvalue weighted by Crippen LogP contribution is -2.45. The number of carbonyl (C=O) groups excluding carboxylic acids is 1. The summed E-state index contributed by atoms with van der Waals surface area (Å²) in [5, 5.41) is 19.0. The lowest BCUT2D eigenvalue weighted by atomic mass is 9.92. The van der Waals surface area contributed by atoms with Gasteiger partial charge in [-0.2, -0.15) is 0 Å². The molecule has 0 bridgehead atoms. The Bertz CT molecular complexity index is 1370. The molecule has 41 heavy (non-hydrogen) atoms. The smallest absolute Gasteiger partial charge is 0.328 e. The van der Waals surface area contributed by atoms with E-state index in [1.54, 1.807) is 24.3 Å². The number of amides is 1. The summed E-state index contributed by atoms with van der Waals surface area (Å²) < 4.78 is 5.12. The van der Waals surface area contributed by atoms with Crippen molar-refractivity contribution in [1.29, 1.82) is 0 Å². The maximum absolute atomic E-state index is 12.7. The van der Waals surface area contributed by atoms with Crippen molar-refractivity contribution in [3.8, 4) is 5.75 Å². The molecular formula is C30H37N7O4. The Labute approximate surface area is 239 Å². The molecule has 4 N–H and O–H groups in total. The fourth-order valence-corrected chi connectivity index (χ4v) is 5.49. The summed E-state index contributed by atoms with van der Waals surface area (Å²) in [6.07, 6.45) is 6.36. The van der Waals surface area contributed by atoms with Gasteiger partial charge in [0.15, 0.2) is 0 Å². The minimum Gasteiger partial charge on any atom is -0.497 e. The molecule has 1 saturated heterocycles. The lowest BCUT2D eigenvalue weighted by Gasteiger charge is -2.34. The maximum Gasteiger partial charge on any atom is 0.328 e. The van der Waals surface area contributed by atoms with Gasteiger partial charge in [-0.1, -0.05) is 13.0 Å². The first-order chi connectivity index (χ1) is 20.0. The summed E-state index contributed by atoms with van der Waals surface area (Å²) in [6.45, 7) is 4.67. The normalized spacial score (nSPS) is 15.8. The molecule has 4 heterocycles. The van der Waals surface area contributed by atoms with Crippen LogP contribution in [0.3, 0.4) is 0 Å². The number of aromatic nitrogens is 3. The SMILES string of the molecule is CCc1c(NCC(NC(=O)c2ccc(OC)cc2)C(=O)O)ncnc1N1CCC(c2ccc3c(n2)NCCC3)CC1. The van der Waals surface area contributed by atoms with Gasteiger partial charge in [0.25, 0.3) is 5.91 Å². The summed E-state index contributed by atoms with van der Waals surface area (Å²) in [6, 6.07) is 9.74. The van der Waals surface area contributed by atoms with Gasteiger partial charge in [-0.25, -0.2) is 19.7 Å². The molecule has 2 aliphatic heterocycles. The van der Waals surface area contributed by atoms with E-state index < -0.39 is 17.9 Å². The number of hydrogen-bond acceptors (Lipinski definition) is 9. The number of methoxy groups -OCH3 is 1. The number of fused-ring (bicyclic) bond motifs is 1. The van der Waals surface area contributed by atoms with Crippen molar-refractivity contribution >= 4 is 29.3 Å². The number of piperidine rings is 1. The molecule has 5 rings (SSSR count). The predicted octanol–water partition coefficient (Wildman–Crippen LogP) is 3.48. The van der Waals surface area contributed by atoms with Crippen molar-refractivity contribution in [2.24, 2.45) is 0 Å². The van der Waals surface area contributed by atoms with Gasteiger partial charge in [0.2, 0.25) is 0 Å². The Hall–Kier alpha value is -4.41. The first-order valence-electron chi connectivity index (χ1n) is 14.2. The third-order valence-electron chi connectivity index (χ3n) is 7.83. The number of hydrogen-bond donors (Lipinski definition) is 4. The van der Waals surface area contributed by atoms with Crippen LogP contribution in [0.15, 0.2) is 42.7 Å². The van der Waals surface area contributed by atoms with Crippen LogP contribution in [-0.4, -0.2) is 71.3 Å². The third-order valence-corrected chi connectivity index (χ3v) is 7.83. The second-order valence-corrected chi connectivity index (χ2v) is 10.4. The Morgan fingerprint density at radius 3 is 2.63 bits per heavy atom. The molecule has 3 aromatic rings. The molecule has 0 saturated carbocycles. The summed E-state index contributed by atoms with van der Waals surface area (Å²) in [4.78, 5) is 40.9. The highest BCUT2D eigenvalue weighted by molar-refractivity contribution is 5.96. The Kier molecular flexibility index (Phi) is 8.81. The highest BCUT2D eigenvalue weighted by Crippen LogP contribution is 2.33. The minimum atomic E-state index is -1.15. The molecule has 0 radical (unpaired) electrons. The fourth-order valence-electron chi connectivity index (χ4n) is 5.49. The van der Waals surface area contributed by atoms with Crippen LogP contribution in [0.25, 0.3) is 0 Å². The van der Waals surface area contributed by atoms with E-state index in [-0.39, 0.29) is 6.54 Å². The molecule has 2 aromatic heterocycles. The number of nitrogens with one attached hydrogen (secondary N) is 3. The summed E-state index contributed by atoms with van der Waals surface area (Å²) in [5.41, 5.74) is 3.72. The number of pyridine rings is 1. The largest absolute Gasteiger partial charge is 0.497 e. The Morgan fingerprint density at radius 1 is 1.15 bits per heavy atom. The van der Waals surface area contributed by atoms with Gasteiger partial charge >= 0.3 is 5.97 Å². The molecule has 1 atom stereocenters. The van der Waals surface area contributed by atoms with E-state index >= 15 is 0 Å². The van der Waals surface area contributed by atoms with Crippen LogP contribution in [-0.2, 0) is 17.6 Å². The van der Waals surface area contributed by atoms with E-state index in [1.807, 2.05) is 6.92 Å². The van der Waals surface area contributed by atoms with E-state index in [0.29, 0.717) is 29.5 Å². The highest BCUT2D eigenvalue weighted by Gasteiger charge is 2.27. The van der Waals surface area contributed by atoms with Gasteiger partial charge in [-0.05, 0) is 68.0 Å². The van der Waals surface area contributed by atoms with E-state index in [0.717, 1.165) is 68.2 Å². The third kappa shape index (κ3) is 6.50. The Morgan fingerprint density at radius 2 is 1.93 bits per heavy atom. The molecule has 11 heteroatoms. The number of carbonyl (C=O) groups is 2. The van der Waals surface area contributed by atoms with E-state index in [9.17, 15) is 14.7 Å². The molecule has 1 aromatic carbocycles. The molecule has 1 unspecified atom stereocenters. The zero-order chi connectivity index (χ0) is 28.8. The number of rotatable bonds is 10. The van der Waals surface area contributed by atoms with Crippen molar-refractivity contribution in [1.82, 2.24) is 20.3 Å². The number of nitrogens with zero attached hydrogens (tertiary/aromatic N) is 4. The van der Waals surface area contributed by atoms with Crippen molar-refractivity contribution in [2.45, 2.75) is 51.0 Å². The van der Waals surface area contributed by atoms with Gasteiger partial charge in [0, 0.05) is 48.9 Å². The fraction of sp³-hybridized carbons (Fsp3) is 0.433. The molecule has 0 spiro atoms. The summed E-state index contributed by atoms with van der Waals surface area (Å²) >= 11 is 0. The van der Waals surface area contributed by atoms with Crippen LogP contribution in [0, 0.1) is 0 Å². The molecule has 2 aliphatic rings. The quantitative estimate of drug-likeness (QED) is 0.292. The Balaban J connectivity index is 1.22. The topological polar surface area (TPSA) is 142 Å². The van der Waals surface area contributed by atoms with Crippen molar-refractivity contribution in [3.05, 3.63) is 65.1 Å². The van der Waals surface area contributed by atoms with Crippen LogP contribution in [0.5, 0.6) is 5.75 Å². The molecule has 11 nitrogen and oxygen atoms in total. The van der Waals surface area contributed by atoms with Crippen LogP contribution < -0.4 is 25.6 Å². The van der Waals surface area contributed by atoms with Gasteiger partial charge < -0.3 is 30.7 Å². The van der Waals surface area contributed by atoms with E-state index in [1.165, 1.54) is 19.0 Å². The molecule has 1 fully saturated rings. The van der Waals surface area contributed by atoms with E-state index in [2.05, 4.69) is 43.0 Å². The lowest BCUT2D eigenvalue weighted by molar-refractivity contribution is -0.138. The first kappa shape index (κ1) is 28.1.